The molecule has 0 unspecified atom stereocenters. The minimum absolute atomic E-state index is 0. The summed E-state index contributed by atoms with van der Waals surface area (Å²) in [5, 5.41) is 1.76. The van der Waals surface area contributed by atoms with Crippen LogP contribution in [0, 0.1) is 13.0 Å². The molecule has 0 aromatic heterocycles. The quantitative estimate of drug-likeness (QED) is 0.551. The molecule has 0 fully saturated rings. The average Bonchev–Trinajstić information content (AvgIpc) is 2.37. The largest absolute Gasteiger partial charge is 0.402 e. The van der Waals surface area contributed by atoms with Gasteiger partial charge < -0.3 is 4.79 Å². The third-order valence-corrected chi connectivity index (χ3v) is 3.32. The van der Waals surface area contributed by atoms with Crippen LogP contribution in [-0.2, 0) is 17.1 Å². The van der Waals surface area contributed by atoms with Crippen molar-refractivity contribution in [1.82, 2.24) is 0 Å². The Morgan fingerprint density at radius 2 is 1.84 bits per heavy atom. The molecule has 95 valence electrons. The molecule has 0 aliphatic heterocycles. The molecule has 0 atom stereocenters. The van der Waals surface area contributed by atoms with Gasteiger partial charge in [-0.15, -0.1) is 0 Å². The molecule has 0 amide bonds. The summed E-state index contributed by atoms with van der Waals surface area (Å²) in [4.78, 5) is 24.1. The van der Waals surface area contributed by atoms with E-state index >= 15 is 0 Å². The van der Waals surface area contributed by atoms with Gasteiger partial charge in [0, 0.05) is 28.4 Å². The average molecular weight is 290 g/mol. The van der Waals surface area contributed by atoms with Crippen LogP contribution in [0.1, 0.15) is 32.7 Å². The topological polar surface area (TPSA) is 34.1 Å². The van der Waals surface area contributed by atoms with Crippen molar-refractivity contribution in [2.75, 3.05) is 0 Å². The van der Waals surface area contributed by atoms with Crippen molar-refractivity contribution < 1.29 is 26.7 Å². The summed E-state index contributed by atoms with van der Waals surface area (Å²) in [6.45, 7) is 1.98. The number of ketones is 2. The molecule has 19 heavy (non-hydrogen) atoms. The van der Waals surface area contributed by atoms with Gasteiger partial charge in [0.2, 0.25) is 0 Å². The zero-order chi connectivity index (χ0) is 12.7. The summed E-state index contributed by atoms with van der Waals surface area (Å²) < 4.78 is 0. The fourth-order valence-electron chi connectivity index (χ4n) is 2.40. The minimum atomic E-state index is -0.0834. The normalized spacial score (nSPS) is 13.9. The molecule has 1 radical (unpaired) electrons. The molecular weight excluding hydrogens is 279 g/mol. The Kier molecular flexibility index (Phi) is 3.70. The van der Waals surface area contributed by atoms with Gasteiger partial charge in [0.05, 0.1) is 0 Å². The number of allylic oxidation sites excluding steroid dienone is 2. The van der Waals surface area contributed by atoms with Crippen molar-refractivity contribution in [1.29, 1.82) is 0 Å². The molecule has 2 nitrogen and oxygen atoms in total. The maximum absolute atomic E-state index is 12.1. The fraction of sp³-hybridized carbons (Fsp3) is 0.125. The Hall–Kier alpha value is -1.70. The number of hydrogen-bond acceptors (Lipinski definition) is 2. The van der Waals surface area contributed by atoms with Crippen molar-refractivity contribution in [3.05, 3.63) is 59.2 Å². The summed E-state index contributed by atoms with van der Waals surface area (Å²) in [7, 11) is 0. The van der Waals surface area contributed by atoms with E-state index in [9.17, 15) is 9.59 Å². The Bertz CT molecular complexity index is 714. The minimum Gasteiger partial charge on any atom is -0.402 e. The van der Waals surface area contributed by atoms with Crippen molar-refractivity contribution >= 4 is 22.3 Å². The van der Waals surface area contributed by atoms with E-state index in [4.69, 9.17) is 0 Å². The van der Waals surface area contributed by atoms with Gasteiger partial charge in [0.15, 0.2) is 0 Å². The zero-order valence-corrected chi connectivity index (χ0v) is 11.5. The van der Waals surface area contributed by atoms with Crippen molar-refractivity contribution in [2.45, 2.75) is 13.3 Å². The molecule has 0 saturated heterocycles. The zero-order valence-electron chi connectivity index (χ0n) is 10.4. The number of hydrogen-bond donors (Lipinski definition) is 0. The van der Waals surface area contributed by atoms with Crippen LogP contribution in [0.3, 0.4) is 0 Å². The smallest absolute Gasteiger partial charge is 0.149 e. The predicted molar refractivity (Wildman–Crippen MR) is 69.8 cm³/mol. The Morgan fingerprint density at radius 1 is 1.05 bits per heavy atom. The summed E-state index contributed by atoms with van der Waals surface area (Å²) in [6.07, 6.45) is 4.30. The first kappa shape index (κ1) is 13.7. The van der Waals surface area contributed by atoms with Crippen LogP contribution in [-0.4, -0.2) is 11.6 Å². The van der Waals surface area contributed by atoms with E-state index in [-0.39, 0.29) is 35.1 Å². The number of carbonyl (C=O) groups excluding carboxylic acids is 2. The van der Waals surface area contributed by atoms with Crippen LogP contribution in [0.4, 0.5) is 0 Å². The molecule has 1 aliphatic carbocycles. The van der Waals surface area contributed by atoms with Crippen LogP contribution in [0.25, 0.3) is 10.8 Å². The molecule has 0 N–H and O–H groups in total. The Balaban J connectivity index is 0.00000133. The fourth-order valence-corrected chi connectivity index (χ4v) is 2.40. The van der Waals surface area contributed by atoms with Crippen LogP contribution in [0.5, 0.6) is 0 Å². The van der Waals surface area contributed by atoms with Crippen LogP contribution >= 0.6 is 0 Å². The van der Waals surface area contributed by atoms with Gasteiger partial charge in [-0.1, -0.05) is 35.9 Å². The van der Waals surface area contributed by atoms with Gasteiger partial charge in [-0.25, -0.2) is 0 Å². The van der Waals surface area contributed by atoms with Crippen molar-refractivity contribution in [2.24, 2.45) is 0 Å². The molecule has 0 spiro atoms. The molecule has 0 bridgehead atoms. The third kappa shape index (κ3) is 2.16. The first-order valence-electron chi connectivity index (χ1n) is 5.85. The number of Topliss-reactive ketones (excluding diaryl/α,β-unsaturated/α-hetero) is 1. The Labute approximate surface area is 122 Å². The van der Waals surface area contributed by atoms with Gasteiger partial charge in [0.25, 0.3) is 0 Å². The van der Waals surface area contributed by atoms with E-state index in [1.54, 1.807) is 6.07 Å². The second-order valence-corrected chi connectivity index (χ2v) is 4.47. The molecule has 3 heteroatoms. The molecule has 0 saturated carbocycles. The summed E-state index contributed by atoms with van der Waals surface area (Å²) in [5.74, 6) is -0.0730. The molecule has 2 aromatic rings. The van der Waals surface area contributed by atoms with E-state index < -0.39 is 0 Å². The second-order valence-electron chi connectivity index (χ2n) is 4.47. The summed E-state index contributed by atoms with van der Waals surface area (Å²) in [6, 6.07) is 9.31. The summed E-state index contributed by atoms with van der Waals surface area (Å²) in [5.41, 5.74) is 2.29. The van der Waals surface area contributed by atoms with E-state index in [0.717, 1.165) is 16.3 Å². The summed E-state index contributed by atoms with van der Waals surface area (Å²) >= 11 is 0. The van der Waals surface area contributed by atoms with E-state index in [2.05, 4.69) is 6.08 Å². The van der Waals surface area contributed by atoms with Crippen molar-refractivity contribution in [3.8, 4) is 0 Å². The third-order valence-electron chi connectivity index (χ3n) is 3.32. The number of aryl methyl sites for hydroxylation is 1. The molecule has 1 aliphatic rings. The number of benzene rings is 2. The predicted octanol–water partition coefficient (Wildman–Crippen LogP) is 3.27. The second kappa shape index (κ2) is 5.12. The maximum Gasteiger partial charge on any atom is 0.149 e. The number of rotatable bonds is 0. The maximum atomic E-state index is 12.1. The molecular formula is C16H11MnO2-. The van der Waals surface area contributed by atoms with E-state index in [1.165, 1.54) is 6.08 Å². The SMILES string of the molecule is Cc1ccc2c3c(cccc13)C(=O)C=[C-]CC2=O.[Mn]. The van der Waals surface area contributed by atoms with Crippen molar-refractivity contribution in [3.63, 3.8) is 0 Å². The van der Waals surface area contributed by atoms with Gasteiger partial charge in [0.1, 0.15) is 5.78 Å². The Morgan fingerprint density at radius 3 is 2.63 bits per heavy atom. The molecule has 3 rings (SSSR count). The molecule has 2 aromatic carbocycles. The van der Waals surface area contributed by atoms with Gasteiger partial charge in [-0.2, -0.15) is 6.08 Å². The first-order valence-corrected chi connectivity index (χ1v) is 5.85. The van der Waals surface area contributed by atoms with Crippen LogP contribution < -0.4 is 0 Å². The standard InChI is InChI=1S/C16H11O2.Mn/c1-10-8-9-13-15(18)7-3-6-14(17)12-5-2-4-11(10)16(12)13;/h2,4-6,8-9H,7H2,1H3;/q-1;. The van der Waals surface area contributed by atoms with Gasteiger partial charge in [-0.3, -0.25) is 10.9 Å². The number of carbonyl (C=O) groups is 2. The van der Waals surface area contributed by atoms with Gasteiger partial charge in [-0.05, 0) is 29.7 Å². The molecule has 0 heterocycles. The van der Waals surface area contributed by atoms with Crippen LogP contribution in [0.15, 0.2) is 36.4 Å². The van der Waals surface area contributed by atoms with E-state index in [0.29, 0.717) is 11.1 Å². The first-order chi connectivity index (χ1) is 8.68. The van der Waals surface area contributed by atoms with E-state index in [1.807, 2.05) is 31.2 Å². The van der Waals surface area contributed by atoms with Crippen LogP contribution in [0.2, 0.25) is 0 Å². The monoisotopic (exact) mass is 290 g/mol. The van der Waals surface area contributed by atoms with Gasteiger partial charge >= 0.3 is 0 Å².